The largest absolute Gasteiger partial charge is 0.388 e. The summed E-state index contributed by atoms with van der Waals surface area (Å²) >= 11 is 5.66. The number of halogens is 3. The predicted molar refractivity (Wildman–Crippen MR) is 49.1 cm³/mol. The average Bonchev–Trinajstić information content (AvgIpc) is 2.83. The van der Waals surface area contributed by atoms with Crippen LogP contribution in [0.2, 0.25) is 5.02 Å². The second-order valence-corrected chi connectivity index (χ2v) is 3.97. The molecule has 1 aliphatic carbocycles. The lowest BCUT2D eigenvalue weighted by Crippen LogP contribution is -2.04. The summed E-state index contributed by atoms with van der Waals surface area (Å²) in [5.41, 5.74) is 0.0237. The molecule has 0 aromatic heterocycles. The van der Waals surface area contributed by atoms with Gasteiger partial charge in [-0.25, -0.2) is 8.78 Å². The van der Waals surface area contributed by atoms with Crippen LogP contribution >= 0.6 is 11.6 Å². The minimum atomic E-state index is -0.900. The normalized spacial score (nSPS) is 18.3. The highest BCUT2D eigenvalue weighted by Gasteiger charge is 2.33. The van der Waals surface area contributed by atoms with Gasteiger partial charge in [-0.05, 0) is 24.8 Å². The summed E-state index contributed by atoms with van der Waals surface area (Å²) < 4.78 is 25.9. The molecule has 0 aliphatic heterocycles. The molecule has 1 atom stereocenters. The Morgan fingerprint density at radius 1 is 1.36 bits per heavy atom. The van der Waals surface area contributed by atoms with E-state index in [1.807, 2.05) is 0 Å². The van der Waals surface area contributed by atoms with E-state index in [4.69, 9.17) is 11.6 Å². The van der Waals surface area contributed by atoms with Crippen molar-refractivity contribution in [1.29, 1.82) is 0 Å². The molecule has 0 amide bonds. The van der Waals surface area contributed by atoms with Gasteiger partial charge in [-0.3, -0.25) is 0 Å². The molecule has 0 radical (unpaired) electrons. The van der Waals surface area contributed by atoms with Crippen LogP contribution in [0.1, 0.15) is 24.5 Å². The fraction of sp³-hybridized carbons (Fsp3) is 0.400. The van der Waals surface area contributed by atoms with Gasteiger partial charge in [0, 0.05) is 11.6 Å². The van der Waals surface area contributed by atoms with Crippen LogP contribution in [0.4, 0.5) is 8.78 Å². The van der Waals surface area contributed by atoms with E-state index < -0.39 is 17.7 Å². The maximum absolute atomic E-state index is 13.3. The zero-order valence-corrected chi connectivity index (χ0v) is 8.06. The first-order valence-corrected chi connectivity index (χ1v) is 4.80. The molecule has 1 aliphatic rings. The van der Waals surface area contributed by atoms with E-state index in [-0.39, 0.29) is 16.5 Å². The van der Waals surface area contributed by atoms with Gasteiger partial charge in [0.2, 0.25) is 0 Å². The zero-order valence-electron chi connectivity index (χ0n) is 7.30. The van der Waals surface area contributed by atoms with Crippen molar-refractivity contribution in [1.82, 2.24) is 0 Å². The standard InChI is InChI=1S/C10H9ClF2O/c11-7-3-6(12)4-8(13)9(7)10(14)5-1-2-5/h3-5,10,14H,1-2H2. The Morgan fingerprint density at radius 3 is 2.50 bits per heavy atom. The lowest BCUT2D eigenvalue weighted by molar-refractivity contribution is 0.149. The molecule has 0 bridgehead atoms. The highest BCUT2D eigenvalue weighted by atomic mass is 35.5. The van der Waals surface area contributed by atoms with Crippen molar-refractivity contribution in [2.75, 3.05) is 0 Å². The topological polar surface area (TPSA) is 20.2 Å². The molecule has 1 aromatic rings. The minimum Gasteiger partial charge on any atom is -0.388 e. The van der Waals surface area contributed by atoms with Gasteiger partial charge in [0.15, 0.2) is 0 Å². The summed E-state index contributed by atoms with van der Waals surface area (Å²) in [6.07, 6.45) is 0.839. The van der Waals surface area contributed by atoms with Crippen LogP contribution in [0, 0.1) is 17.6 Å². The molecule has 14 heavy (non-hydrogen) atoms. The molecule has 1 saturated carbocycles. The lowest BCUT2D eigenvalue weighted by Gasteiger charge is -2.12. The van der Waals surface area contributed by atoms with Crippen molar-refractivity contribution in [3.63, 3.8) is 0 Å². The molecule has 4 heteroatoms. The van der Waals surface area contributed by atoms with E-state index in [0.717, 1.165) is 25.0 Å². The average molecular weight is 219 g/mol. The van der Waals surface area contributed by atoms with Gasteiger partial charge >= 0.3 is 0 Å². The quantitative estimate of drug-likeness (QED) is 0.809. The lowest BCUT2D eigenvalue weighted by atomic mass is 10.0. The molecular weight excluding hydrogens is 210 g/mol. The van der Waals surface area contributed by atoms with E-state index in [0.29, 0.717) is 0 Å². The van der Waals surface area contributed by atoms with Crippen molar-refractivity contribution in [2.45, 2.75) is 18.9 Å². The first-order chi connectivity index (χ1) is 6.59. The van der Waals surface area contributed by atoms with Gasteiger partial charge in [-0.15, -0.1) is 0 Å². The van der Waals surface area contributed by atoms with Crippen molar-refractivity contribution < 1.29 is 13.9 Å². The Balaban J connectivity index is 2.40. The Labute approximate surface area is 85.3 Å². The van der Waals surface area contributed by atoms with Crippen LogP contribution in [0.25, 0.3) is 0 Å². The van der Waals surface area contributed by atoms with E-state index in [9.17, 15) is 13.9 Å². The third kappa shape index (κ3) is 1.74. The summed E-state index contributed by atoms with van der Waals surface area (Å²) in [6, 6.07) is 1.76. The van der Waals surface area contributed by atoms with Crippen LogP contribution in [0.5, 0.6) is 0 Å². The minimum absolute atomic E-state index is 0.0237. The molecule has 0 saturated heterocycles. The maximum Gasteiger partial charge on any atom is 0.133 e. The SMILES string of the molecule is OC(c1c(F)cc(F)cc1Cl)C1CC1. The predicted octanol–water partition coefficient (Wildman–Crippen LogP) is 3.06. The Morgan fingerprint density at radius 2 is 2.00 bits per heavy atom. The Kier molecular flexibility index (Phi) is 2.45. The van der Waals surface area contributed by atoms with Gasteiger partial charge < -0.3 is 5.11 Å². The molecule has 0 heterocycles. The molecule has 1 N–H and O–H groups in total. The number of aliphatic hydroxyl groups excluding tert-OH is 1. The van der Waals surface area contributed by atoms with Gasteiger partial charge in [-0.1, -0.05) is 11.6 Å². The Hall–Kier alpha value is -0.670. The van der Waals surface area contributed by atoms with Crippen LogP contribution < -0.4 is 0 Å². The first-order valence-electron chi connectivity index (χ1n) is 4.42. The maximum atomic E-state index is 13.3. The van der Waals surface area contributed by atoms with Crippen LogP contribution in [0.15, 0.2) is 12.1 Å². The summed E-state index contributed by atoms with van der Waals surface area (Å²) in [5.74, 6) is -1.42. The first kappa shape index (κ1) is 9.87. The third-order valence-electron chi connectivity index (χ3n) is 2.41. The van der Waals surface area contributed by atoms with Crippen molar-refractivity contribution in [3.8, 4) is 0 Å². The van der Waals surface area contributed by atoms with Crippen LogP contribution in [-0.2, 0) is 0 Å². The van der Waals surface area contributed by atoms with E-state index in [2.05, 4.69) is 0 Å². The number of aliphatic hydroxyl groups is 1. The van der Waals surface area contributed by atoms with Crippen LogP contribution in [0.3, 0.4) is 0 Å². The molecule has 2 rings (SSSR count). The molecule has 0 spiro atoms. The van der Waals surface area contributed by atoms with Crippen molar-refractivity contribution in [2.24, 2.45) is 5.92 Å². The number of hydrogen-bond acceptors (Lipinski definition) is 1. The number of rotatable bonds is 2. The van der Waals surface area contributed by atoms with Gasteiger partial charge in [0.25, 0.3) is 0 Å². The molecule has 1 unspecified atom stereocenters. The Bertz CT molecular complexity index is 340. The second-order valence-electron chi connectivity index (χ2n) is 3.57. The van der Waals surface area contributed by atoms with Gasteiger partial charge in [0.05, 0.1) is 11.1 Å². The number of hydrogen-bond donors (Lipinski definition) is 1. The number of benzene rings is 1. The monoisotopic (exact) mass is 218 g/mol. The third-order valence-corrected chi connectivity index (χ3v) is 2.72. The molecule has 76 valence electrons. The van der Waals surface area contributed by atoms with E-state index in [1.54, 1.807) is 0 Å². The van der Waals surface area contributed by atoms with Gasteiger partial charge in [-0.2, -0.15) is 0 Å². The molecule has 1 fully saturated rings. The zero-order chi connectivity index (χ0) is 10.3. The highest BCUT2D eigenvalue weighted by molar-refractivity contribution is 6.31. The van der Waals surface area contributed by atoms with Crippen molar-refractivity contribution in [3.05, 3.63) is 34.4 Å². The van der Waals surface area contributed by atoms with E-state index in [1.165, 1.54) is 0 Å². The summed E-state index contributed by atoms with van der Waals surface area (Å²) in [4.78, 5) is 0. The highest BCUT2D eigenvalue weighted by Crippen LogP contribution is 2.43. The smallest absolute Gasteiger partial charge is 0.133 e. The molecular formula is C10H9ClF2O. The molecule has 1 nitrogen and oxygen atoms in total. The molecule has 1 aromatic carbocycles. The summed E-state index contributed by atoms with van der Waals surface area (Å²) in [5, 5.41) is 9.63. The fourth-order valence-corrected chi connectivity index (χ4v) is 1.79. The summed E-state index contributed by atoms with van der Waals surface area (Å²) in [7, 11) is 0. The fourth-order valence-electron chi connectivity index (χ4n) is 1.48. The van der Waals surface area contributed by atoms with E-state index >= 15 is 0 Å². The van der Waals surface area contributed by atoms with Crippen molar-refractivity contribution >= 4 is 11.6 Å². The second kappa shape index (κ2) is 3.48. The summed E-state index contributed by atoms with van der Waals surface area (Å²) in [6.45, 7) is 0. The van der Waals surface area contributed by atoms with Crippen LogP contribution in [-0.4, -0.2) is 5.11 Å². The van der Waals surface area contributed by atoms with Gasteiger partial charge in [0.1, 0.15) is 11.6 Å².